The molecule has 0 aliphatic carbocycles. The van der Waals surface area contributed by atoms with Gasteiger partial charge in [-0.15, -0.1) is 0 Å². The van der Waals surface area contributed by atoms with Gasteiger partial charge in [-0.25, -0.2) is 9.78 Å². The highest BCUT2D eigenvalue weighted by Crippen LogP contribution is 2.37. The molecule has 1 atom stereocenters. The first-order valence-corrected chi connectivity index (χ1v) is 11.9. The molecule has 3 aromatic rings. The number of rotatable bonds is 6. The Morgan fingerprint density at radius 2 is 1.88 bits per heavy atom. The van der Waals surface area contributed by atoms with Crippen molar-refractivity contribution in [1.82, 2.24) is 9.66 Å². The number of benzene rings is 2. The third-order valence-corrected chi connectivity index (χ3v) is 5.96. The fourth-order valence-corrected chi connectivity index (χ4v) is 4.10. The van der Waals surface area contributed by atoms with Crippen LogP contribution in [0.1, 0.15) is 39.1 Å². The van der Waals surface area contributed by atoms with E-state index in [4.69, 9.17) is 19.2 Å². The summed E-state index contributed by atoms with van der Waals surface area (Å²) in [5.74, 6) is 0.753. The van der Waals surface area contributed by atoms with Gasteiger partial charge in [0.2, 0.25) is 0 Å². The van der Waals surface area contributed by atoms with Gasteiger partial charge in [0, 0.05) is 9.89 Å². The molecule has 0 fully saturated rings. The normalized spacial score (nSPS) is 12.7. The van der Waals surface area contributed by atoms with Crippen LogP contribution in [-0.2, 0) is 14.9 Å². The molecule has 2 aromatic carbocycles. The van der Waals surface area contributed by atoms with Gasteiger partial charge in [0.25, 0.3) is 5.56 Å². The number of hydrogen-bond donors (Lipinski definition) is 0. The van der Waals surface area contributed by atoms with Crippen LogP contribution in [0.5, 0.6) is 11.5 Å². The molecular formula is C24H25Br2N3O5. The number of halogens is 2. The van der Waals surface area contributed by atoms with E-state index in [-0.39, 0.29) is 5.56 Å². The average Bonchev–Trinajstić information content (AvgIpc) is 2.78. The molecule has 0 aliphatic rings. The summed E-state index contributed by atoms with van der Waals surface area (Å²) < 4.78 is 18.5. The van der Waals surface area contributed by atoms with Crippen molar-refractivity contribution in [2.24, 2.45) is 5.10 Å². The van der Waals surface area contributed by atoms with Crippen molar-refractivity contribution in [3.05, 3.63) is 61.0 Å². The second-order valence-electron chi connectivity index (χ2n) is 8.53. The lowest BCUT2D eigenvalue weighted by Gasteiger charge is -2.21. The Bertz CT molecular complexity index is 1330. The number of esters is 1. The summed E-state index contributed by atoms with van der Waals surface area (Å²) >= 11 is 6.87. The van der Waals surface area contributed by atoms with Crippen LogP contribution in [0.3, 0.4) is 0 Å². The van der Waals surface area contributed by atoms with Gasteiger partial charge in [0.05, 0.1) is 35.8 Å². The van der Waals surface area contributed by atoms with Crippen molar-refractivity contribution in [3.63, 3.8) is 0 Å². The molecule has 0 amide bonds. The van der Waals surface area contributed by atoms with Crippen LogP contribution in [0.2, 0.25) is 0 Å². The van der Waals surface area contributed by atoms with Crippen LogP contribution in [0.15, 0.2) is 49.2 Å². The molecule has 0 spiro atoms. The van der Waals surface area contributed by atoms with Crippen molar-refractivity contribution in [2.75, 3.05) is 14.2 Å². The maximum absolute atomic E-state index is 13.3. The van der Waals surface area contributed by atoms with Crippen molar-refractivity contribution in [2.45, 2.75) is 39.2 Å². The predicted molar refractivity (Wildman–Crippen MR) is 138 cm³/mol. The summed E-state index contributed by atoms with van der Waals surface area (Å²) in [7, 11) is 2.79. The summed E-state index contributed by atoms with van der Waals surface area (Å²) in [4.78, 5) is 29.8. The molecule has 0 aliphatic heterocycles. The Morgan fingerprint density at radius 3 is 2.50 bits per heavy atom. The monoisotopic (exact) mass is 593 g/mol. The molecule has 0 N–H and O–H groups in total. The molecule has 1 heterocycles. The summed E-state index contributed by atoms with van der Waals surface area (Å²) in [5, 5.41) is 4.94. The van der Waals surface area contributed by atoms with Crippen molar-refractivity contribution in [1.29, 1.82) is 0 Å². The van der Waals surface area contributed by atoms with Gasteiger partial charge < -0.3 is 14.2 Å². The molecule has 0 unspecified atom stereocenters. The van der Waals surface area contributed by atoms with Gasteiger partial charge in [-0.05, 0) is 58.7 Å². The van der Waals surface area contributed by atoms with Gasteiger partial charge >= 0.3 is 5.97 Å². The topological polar surface area (TPSA) is 92.0 Å². The molecule has 180 valence electrons. The third-order valence-electron chi connectivity index (χ3n) is 4.88. The van der Waals surface area contributed by atoms with Gasteiger partial charge in [0.15, 0.2) is 17.6 Å². The van der Waals surface area contributed by atoms with Crippen LogP contribution >= 0.6 is 31.9 Å². The van der Waals surface area contributed by atoms with Gasteiger partial charge in [-0.2, -0.15) is 9.78 Å². The minimum atomic E-state index is -0.828. The third kappa shape index (κ3) is 5.50. The Labute approximate surface area is 214 Å². The summed E-state index contributed by atoms with van der Waals surface area (Å²) in [6, 6.07) is 8.83. The zero-order valence-electron chi connectivity index (χ0n) is 19.7. The highest BCUT2D eigenvalue weighted by Gasteiger charge is 2.23. The van der Waals surface area contributed by atoms with Crippen molar-refractivity contribution in [3.8, 4) is 11.5 Å². The van der Waals surface area contributed by atoms with Gasteiger partial charge in [-0.3, -0.25) is 4.79 Å². The Hall–Kier alpha value is -2.72. The molecule has 8 nitrogen and oxygen atoms in total. The average molecular weight is 595 g/mol. The molecular weight excluding hydrogens is 570 g/mol. The second kappa shape index (κ2) is 10.3. The van der Waals surface area contributed by atoms with Crippen LogP contribution in [0.25, 0.3) is 10.9 Å². The maximum Gasteiger partial charge on any atom is 0.346 e. The van der Waals surface area contributed by atoms with Crippen molar-refractivity contribution >= 4 is 54.9 Å². The lowest BCUT2D eigenvalue weighted by Crippen LogP contribution is -2.29. The Balaban J connectivity index is 2.09. The van der Waals surface area contributed by atoms with E-state index in [0.717, 1.165) is 4.47 Å². The fourth-order valence-electron chi connectivity index (χ4n) is 3.19. The first-order valence-electron chi connectivity index (χ1n) is 10.4. The minimum absolute atomic E-state index is 0.273. The lowest BCUT2D eigenvalue weighted by atomic mass is 9.95. The molecule has 0 bridgehead atoms. The van der Waals surface area contributed by atoms with E-state index in [1.54, 1.807) is 37.4 Å². The zero-order chi connectivity index (χ0) is 25.2. The fraction of sp³-hybridized carbons (Fsp3) is 0.333. The number of carbonyl (C=O) groups excluding carboxylic acids is 1. The zero-order valence-corrected chi connectivity index (χ0v) is 22.9. The Morgan fingerprint density at radius 1 is 1.18 bits per heavy atom. The van der Waals surface area contributed by atoms with Gasteiger partial charge in [0.1, 0.15) is 5.82 Å². The summed E-state index contributed by atoms with van der Waals surface area (Å²) in [6.45, 7) is 7.50. The number of carbonyl (C=O) groups is 1. The van der Waals surface area contributed by atoms with E-state index in [9.17, 15) is 9.59 Å². The van der Waals surface area contributed by atoms with Crippen LogP contribution < -0.4 is 15.0 Å². The molecule has 0 radical (unpaired) electrons. The second-order valence-corrected chi connectivity index (χ2v) is 10.3. The molecule has 0 saturated carbocycles. The highest BCUT2D eigenvalue weighted by atomic mass is 79.9. The molecule has 10 heteroatoms. The summed E-state index contributed by atoms with van der Waals surface area (Å²) in [5.41, 5.74) is 0.543. The maximum atomic E-state index is 13.3. The number of methoxy groups -OCH3 is 2. The molecule has 0 saturated heterocycles. The van der Waals surface area contributed by atoms with Crippen LogP contribution in [0, 0.1) is 0 Å². The molecule has 1 aromatic heterocycles. The predicted octanol–water partition coefficient (Wildman–Crippen LogP) is 5.05. The molecule has 34 heavy (non-hydrogen) atoms. The smallest absolute Gasteiger partial charge is 0.346 e. The molecule has 3 rings (SSSR count). The number of hydrogen-bond acceptors (Lipinski definition) is 7. The number of nitrogens with zero attached hydrogens (tertiary/aromatic N) is 3. The first kappa shape index (κ1) is 25.9. The SMILES string of the molecule is COC(=O)[C@@H](C)Oc1c(Br)cc(C=Nn2c(C(C)(C)C)nc3ccc(Br)cc3c2=O)cc1OC. The van der Waals surface area contributed by atoms with Gasteiger partial charge in [-0.1, -0.05) is 36.7 Å². The lowest BCUT2D eigenvalue weighted by molar-refractivity contribution is -0.147. The number of aromatic nitrogens is 2. The van der Waals surface area contributed by atoms with Crippen LogP contribution in [0.4, 0.5) is 0 Å². The quantitative estimate of drug-likeness (QED) is 0.293. The van der Waals surface area contributed by atoms with E-state index in [2.05, 4.69) is 37.0 Å². The largest absolute Gasteiger partial charge is 0.493 e. The first-order chi connectivity index (χ1) is 16.0. The van der Waals surface area contributed by atoms with E-state index in [0.29, 0.717) is 38.3 Å². The number of fused-ring (bicyclic) bond motifs is 1. The van der Waals surface area contributed by atoms with E-state index in [1.165, 1.54) is 18.9 Å². The van der Waals surface area contributed by atoms with E-state index < -0.39 is 17.5 Å². The number of ether oxygens (including phenoxy) is 3. The van der Waals surface area contributed by atoms with E-state index >= 15 is 0 Å². The van der Waals surface area contributed by atoms with Crippen molar-refractivity contribution < 1.29 is 19.0 Å². The minimum Gasteiger partial charge on any atom is -0.493 e. The standard InChI is InChI=1S/C24H25Br2N3O5/c1-13(22(31)33-6)34-20-17(26)9-14(10-19(20)32-5)12-27-29-21(30)16-11-15(25)7-8-18(16)28-23(29)24(2,3)4/h7-13H,1-6H3/t13-/m1/s1. The highest BCUT2D eigenvalue weighted by molar-refractivity contribution is 9.10. The van der Waals surface area contributed by atoms with E-state index in [1.807, 2.05) is 26.8 Å². The van der Waals surface area contributed by atoms with Crippen LogP contribution in [-0.4, -0.2) is 42.2 Å². The summed E-state index contributed by atoms with van der Waals surface area (Å²) in [6.07, 6.45) is 0.716. The Kier molecular flexibility index (Phi) is 7.82.